The molecule has 0 fully saturated rings. The lowest BCUT2D eigenvalue weighted by Crippen LogP contribution is -2.08. The molecule has 1 aromatic carbocycles. The smallest absolute Gasteiger partial charge is 0.138 e. The van der Waals surface area contributed by atoms with Crippen LogP contribution in [0.15, 0.2) is 24.4 Å². The SMILES string of the molecule is Cc1nn(C)cc1Cn1c(C(C)O)nc2cc(N)ccc21. The predicted octanol–water partition coefficient (Wildman–Crippen LogP) is 1.76. The van der Waals surface area contributed by atoms with Crippen LogP contribution in [0.3, 0.4) is 0 Å². The van der Waals surface area contributed by atoms with Crippen molar-refractivity contribution in [2.75, 3.05) is 5.73 Å². The Morgan fingerprint density at radius 3 is 2.76 bits per heavy atom. The molecule has 0 spiro atoms. The molecule has 0 bridgehead atoms. The number of rotatable bonds is 3. The molecule has 0 aliphatic rings. The summed E-state index contributed by atoms with van der Waals surface area (Å²) >= 11 is 0. The molecule has 0 saturated carbocycles. The van der Waals surface area contributed by atoms with Crippen molar-refractivity contribution in [3.8, 4) is 0 Å². The fourth-order valence-corrected chi connectivity index (χ4v) is 2.62. The number of aliphatic hydroxyl groups is 1. The normalized spacial score (nSPS) is 13.0. The van der Waals surface area contributed by atoms with Gasteiger partial charge >= 0.3 is 0 Å². The van der Waals surface area contributed by atoms with Gasteiger partial charge < -0.3 is 15.4 Å². The largest absolute Gasteiger partial charge is 0.399 e. The molecule has 6 nitrogen and oxygen atoms in total. The molecule has 0 amide bonds. The van der Waals surface area contributed by atoms with Crippen molar-refractivity contribution >= 4 is 16.7 Å². The second-order valence-electron chi connectivity index (χ2n) is 5.39. The van der Waals surface area contributed by atoms with Crippen molar-refractivity contribution in [3.63, 3.8) is 0 Å². The van der Waals surface area contributed by atoms with Crippen LogP contribution in [-0.4, -0.2) is 24.4 Å². The molecule has 1 atom stereocenters. The Morgan fingerprint density at radius 1 is 1.38 bits per heavy atom. The van der Waals surface area contributed by atoms with Crippen LogP contribution in [0.4, 0.5) is 5.69 Å². The fraction of sp³-hybridized carbons (Fsp3) is 0.333. The van der Waals surface area contributed by atoms with E-state index >= 15 is 0 Å². The van der Waals surface area contributed by atoms with Gasteiger partial charge in [-0.3, -0.25) is 4.68 Å². The van der Waals surface area contributed by atoms with E-state index in [0.29, 0.717) is 18.1 Å². The maximum absolute atomic E-state index is 9.99. The van der Waals surface area contributed by atoms with Crippen molar-refractivity contribution in [2.24, 2.45) is 7.05 Å². The molecule has 0 aliphatic carbocycles. The van der Waals surface area contributed by atoms with Gasteiger partial charge in [0.1, 0.15) is 11.9 Å². The predicted molar refractivity (Wildman–Crippen MR) is 81.8 cm³/mol. The highest BCUT2D eigenvalue weighted by atomic mass is 16.3. The minimum Gasteiger partial charge on any atom is -0.399 e. The molecule has 0 aliphatic heterocycles. The standard InChI is InChI=1S/C15H19N5O/c1-9-11(7-19(3)18-9)8-20-14-5-4-12(16)6-13(14)17-15(20)10(2)21/h4-7,10,21H,8,16H2,1-3H3. The van der Waals surface area contributed by atoms with Crippen molar-refractivity contribution in [1.29, 1.82) is 0 Å². The highest BCUT2D eigenvalue weighted by molar-refractivity contribution is 5.79. The van der Waals surface area contributed by atoms with Crippen molar-refractivity contribution in [3.05, 3.63) is 41.5 Å². The van der Waals surface area contributed by atoms with Gasteiger partial charge in [0.2, 0.25) is 0 Å². The second-order valence-corrected chi connectivity index (χ2v) is 5.39. The van der Waals surface area contributed by atoms with Crippen LogP contribution >= 0.6 is 0 Å². The molecule has 0 radical (unpaired) electrons. The molecule has 21 heavy (non-hydrogen) atoms. The number of aryl methyl sites for hydroxylation is 2. The topological polar surface area (TPSA) is 81.9 Å². The number of imidazole rings is 1. The second kappa shape index (κ2) is 4.89. The first-order valence-corrected chi connectivity index (χ1v) is 6.88. The van der Waals surface area contributed by atoms with Crippen LogP contribution in [0.2, 0.25) is 0 Å². The minimum atomic E-state index is -0.643. The third-order valence-electron chi connectivity index (χ3n) is 3.62. The number of benzene rings is 1. The summed E-state index contributed by atoms with van der Waals surface area (Å²) in [6.07, 6.45) is 1.35. The van der Waals surface area contributed by atoms with Crippen molar-refractivity contribution in [1.82, 2.24) is 19.3 Å². The molecule has 2 aromatic heterocycles. The maximum Gasteiger partial charge on any atom is 0.138 e. The number of hydrogen-bond donors (Lipinski definition) is 2. The molecule has 1 unspecified atom stereocenters. The van der Waals surface area contributed by atoms with Crippen molar-refractivity contribution in [2.45, 2.75) is 26.5 Å². The van der Waals surface area contributed by atoms with Gasteiger partial charge in [0.25, 0.3) is 0 Å². The number of aromatic nitrogens is 4. The first-order chi connectivity index (χ1) is 9.95. The fourth-order valence-electron chi connectivity index (χ4n) is 2.62. The Kier molecular flexibility index (Phi) is 3.17. The van der Waals surface area contributed by atoms with E-state index in [4.69, 9.17) is 5.73 Å². The average Bonchev–Trinajstić information content (AvgIpc) is 2.90. The number of anilines is 1. The molecule has 3 rings (SSSR count). The third-order valence-corrected chi connectivity index (χ3v) is 3.62. The molecule has 3 N–H and O–H groups in total. The highest BCUT2D eigenvalue weighted by Gasteiger charge is 2.16. The van der Waals surface area contributed by atoms with E-state index in [9.17, 15) is 5.11 Å². The summed E-state index contributed by atoms with van der Waals surface area (Å²) in [5.74, 6) is 0.638. The summed E-state index contributed by atoms with van der Waals surface area (Å²) in [6, 6.07) is 5.62. The maximum atomic E-state index is 9.99. The summed E-state index contributed by atoms with van der Waals surface area (Å²) in [5.41, 5.74) is 10.3. The molecule has 6 heteroatoms. The van der Waals surface area contributed by atoms with E-state index in [1.54, 1.807) is 11.6 Å². The van der Waals surface area contributed by atoms with Gasteiger partial charge in [-0.1, -0.05) is 0 Å². The molecule has 110 valence electrons. The zero-order valence-electron chi connectivity index (χ0n) is 12.4. The summed E-state index contributed by atoms with van der Waals surface area (Å²) in [7, 11) is 1.90. The quantitative estimate of drug-likeness (QED) is 0.718. The number of nitrogens with zero attached hydrogens (tertiary/aromatic N) is 4. The van der Waals surface area contributed by atoms with E-state index in [2.05, 4.69) is 10.1 Å². The monoisotopic (exact) mass is 285 g/mol. The highest BCUT2D eigenvalue weighted by Crippen LogP contribution is 2.24. The first kappa shape index (κ1) is 13.6. The van der Waals surface area contributed by atoms with Gasteiger partial charge in [0.15, 0.2) is 0 Å². The van der Waals surface area contributed by atoms with E-state index in [1.165, 1.54) is 0 Å². The van der Waals surface area contributed by atoms with Crippen LogP contribution in [-0.2, 0) is 13.6 Å². The number of fused-ring (bicyclic) bond motifs is 1. The molecule has 3 aromatic rings. The number of nitrogen functional groups attached to an aromatic ring is 1. The summed E-state index contributed by atoms with van der Waals surface area (Å²) in [6.45, 7) is 4.33. The average molecular weight is 285 g/mol. The van der Waals surface area contributed by atoms with Crippen LogP contribution in [0, 0.1) is 6.92 Å². The Morgan fingerprint density at radius 2 is 2.14 bits per heavy atom. The lowest BCUT2D eigenvalue weighted by Gasteiger charge is -2.10. The third kappa shape index (κ3) is 2.38. The first-order valence-electron chi connectivity index (χ1n) is 6.88. The lowest BCUT2D eigenvalue weighted by molar-refractivity contribution is 0.185. The zero-order valence-corrected chi connectivity index (χ0v) is 12.4. The summed E-state index contributed by atoms with van der Waals surface area (Å²) in [5, 5.41) is 14.4. The molecular formula is C15H19N5O. The summed E-state index contributed by atoms with van der Waals surface area (Å²) < 4.78 is 3.81. The van der Waals surface area contributed by atoms with Gasteiger partial charge in [-0.25, -0.2) is 4.98 Å². The van der Waals surface area contributed by atoms with E-state index in [-0.39, 0.29) is 0 Å². The van der Waals surface area contributed by atoms with Crippen molar-refractivity contribution < 1.29 is 5.11 Å². The Hall–Kier alpha value is -2.34. The minimum absolute atomic E-state index is 0.625. The van der Waals surface area contributed by atoms with E-state index in [1.807, 2.05) is 42.9 Å². The Bertz CT molecular complexity index is 800. The molecular weight excluding hydrogens is 266 g/mol. The lowest BCUT2D eigenvalue weighted by atomic mass is 10.2. The van der Waals surface area contributed by atoms with Crippen LogP contribution in [0.1, 0.15) is 30.1 Å². The molecule has 2 heterocycles. The summed E-state index contributed by atoms with van der Waals surface area (Å²) in [4.78, 5) is 4.51. The van der Waals surface area contributed by atoms with Gasteiger partial charge in [0.05, 0.1) is 23.3 Å². The number of nitrogens with two attached hydrogens (primary N) is 1. The van der Waals surface area contributed by atoms with E-state index in [0.717, 1.165) is 22.3 Å². The molecule has 0 saturated heterocycles. The van der Waals surface area contributed by atoms with Gasteiger partial charge in [-0.2, -0.15) is 5.10 Å². The zero-order chi connectivity index (χ0) is 15.1. The van der Waals surface area contributed by atoms with E-state index < -0.39 is 6.10 Å². The van der Waals surface area contributed by atoms with Crippen LogP contribution in [0.5, 0.6) is 0 Å². The van der Waals surface area contributed by atoms with Gasteiger partial charge in [-0.05, 0) is 32.0 Å². The number of hydrogen-bond acceptors (Lipinski definition) is 4. The van der Waals surface area contributed by atoms with Gasteiger partial charge in [0, 0.05) is 24.5 Å². The Balaban J connectivity index is 2.15. The number of aliphatic hydroxyl groups excluding tert-OH is 1. The Labute approximate surface area is 122 Å². The van der Waals surface area contributed by atoms with Crippen LogP contribution in [0.25, 0.3) is 11.0 Å². The van der Waals surface area contributed by atoms with Gasteiger partial charge in [-0.15, -0.1) is 0 Å². The van der Waals surface area contributed by atoms with Crippen LogP contribution < -0.4 is 5.73 Å².